The fourth-order valence-corrected chi connectivity index (χ4v) is 2.11. The molecule has 0 aliphatic carbocycles. The van der Waals surface area contributed by atoms with E-state index in [1.165, 1.54) is 24.3 Å². The highest BCUT2D eigenvalue weighted by atomic mass is 19.3. The maximum atomic E-state index is 12.1. The Labute approximate surface area is 133 Å². The number of ether oxygens (including phenoxy) is 2. The third kappa shape index (κ3) is 4.77. The summed E-state index contributed by atoms with van der Waals surface area (Å²) in [5, 5.41) is 0. The smallest absolute Gasteiger partial charge is 0.387 e. The maximum Gasteiger partial charge on any atom is 0.387 e. The second-order valence-electron chi connectivity index (χ2n) is 5.53. The maximum absolute atomic E-state index is 12.1. The molecule has 0 aliphatic rings. The average molecular weight is 320 g/mol. The Balaban J connectivity index is 2.12. The highest BCUT2D eigenvalue weighted by Crippen LogP contribution is 2.24. The average Bonchev–Trinajstić information content (AvgIpc) is 2.46. The molecule has 0 unspecified atom stereocenters. The number of alkyl halides is 2. The van der Waals surface area contributed by atoms with E-state index >= 15 is 0 Å². The van der Waals surface area contributed by atoms with Crippen LogP contribution in [-0.2, 0) is 0 Å². The molecule has 0 amide bonds. The van der Waals surface area contributed by atoms with Crippen molar-refractivity contribution in [2.75, 3.05) is 0 Å². The third-order valence-corrected chi connectivity index (χ3v) is 3.27. The molecule has 2 aromatic carbocycles. The van der Waals surface area contributed by atoms with Crippen LogP contribution in [0.4, 0.5) is 8.78 Å². The topological polar surface area (TPSA) is 35.5 Å². The van der Waals surface area contributed by atoms with E-state index in [1.54, 1.807) is 6.07 Å². The van der Waals surface area contributed by atoms with Crippen LogP contribution in [0.3, 0.4) is 0 Å². The van der Waals surface area contributed by atoms with Crippen molar-refractivity contribution < 1.29 is 23.0 Å². The van der Waals surface area contributed by atoms with Crippen molar-refractivity contribution in [2.45, 2.75) is 33.3 Å². The molecule has 0 saturated carbocycles. The molecule has 0 atom stereocenters. The molecule has 2 aromatic rings. The molecule has 2 rings (SSSR count). The van der Waals surface area contributed by atoms with Crippen LogP contribution < -0.4 is 9.47 Å². The molecule has 0 aliphatic heterocycles. The van der Waals surface area contributed by atoms with E-state index in [4.69, 9.17) is 4.74 Å². The van der Waals surface area contributed by atoms with Crippen molar-refractivity contribution in [1.82, 2.24) is 0 Å². The normalized spacial score (nSPS) is 10.9. The summed E-state index contributed by atoms with van der Waals surface area (Å²) in [7, 11) is 0. The molecule has 122 valence electrons. The quantitative estimate of drug-likeness (QED) is 0.578. The predicted octanol–water partition coefficient (Wildman–Crippen LogP) is 4.94. The number of carbonyl (C=O) groups excluding carboxylic acids is 1. The summed E-state index contributed by atoms with van der Waals surface area (Å²) < 4.78 is 33.8. The summed E-state index contributed by atoms with van der Waals surface area (Å²) in [5.74, 6) is 0.229. The fourth-order valence-electron chi connectivity index (χ4n) is 2.11. The molecule has 23 heavy (non-hydrogen) atoms. The van der Waals surface area contributed by atoms with E-state index in [0.29, 0.717) is 11.7 Å². The molecule has 5 heteroatoms. The van der Waals surface area contributed by atoms with Crippen molar-refractivity contribution in [3.63, 3.8) is 0 Å². The van der Waals surface area contributed by atoms with E-state index in [0.717, 1.165) is 11.1 Å². The van der Waals surface area contributed by atoms with Crippen molar-refractivity contribution in [2.24, 2.45) is 0 Å². The van der Waals surface area contributed by atoms with Crippen LogP contribution in [0.15, 0.2) is 42.5 Å². The molecule has 0 spiro atoms. The van der Waals surface area contributed by atoms with Crippen molar-refractivity contribution in [3.05, 3.63) is 59.2 Å². The Hall–Kier alpha value is -2.43. The van der Waals surface area contributed by atoms with Gasteiger partial charge in [0.1, 0.15) is 11.5 Å². The number of rotatable bonds is 5. The largest absolute Gasteiger partial charge is 0.435 e. The van der Waals surface area contributed by atoms with Gasteiger partial charge >= 0.3 is 12.6 Å². The molecule has 0 bridgehead atoms. The van der Waals surface area contributed by atoms with E-state index in [9.17, 15) is 13.6 Å². The summed E-state index contributed by atoms with van der Waals surface area (Å²) >= 11 is 0. The van der Waals surface area contributed by atoms with Crippen molar-refractivity contribution >= 4 is 5.97 Å². The molecular formula is C18H18F2O3. The molecule has 0 heterocycles. The van der Waals surface area contributed by atoms with Gasteiger partial charge in [-0.1, -0.05) is 19.9 Å². The van der Waals surface area contributed by atoms with Crippen LogP contribution in [0.25, 0.3) is 0 Å². The van der Waals surface area contributed by atoms with Gasteiger partial charge in [-0.15, -0.1) is 0 Å². The van der Waals surface area contributed by atoms with Crippen LogP contribution >= 0.6 is 0 Å². The van der Waals surface area contributed by atoms with Gasteiger partial charge < -0.3 is 9.47 Å². The molecular weight excluding hydrogens is 302 g/mol. The molecule has 3 nitrogen and oxygen atoms in total. The van der Waals surface area contributed by atoms with Crippen LogP contribution in [0.1, 0.15) is 41.3 Å². The fraction of sp³-hybridized carbons (Fsp3) is 0.278. The van der Waals surface area contributed by atoms with Gasteiger partial charge in [-0.2, -0.15) is 8.78 Å². The Bertz CT molecular complexity index is 679. The molecule has 0 fully saturated rings. The number of benzene rings is 2. The zero-order chi connectivity index (χ0) is 17.0. The minimum absolute atomic E-state index is 0.00537. The number of esters is 1. The molecule has 0 radical (unpaired) electrons. The lowest BCUT2D eigenvalue weighted by Gasteiger charge is -2.11. The van der Waals surface area contributed by atoms with Gasteiger partial charge in [0.15, 0.2) is 0 Å². The van der Waals surface area contributed by atoms with Crippen LogP contribution in [0, 0.1) is 6.92 Å². The number of hydrogen-bond acceptors (Lipinski definition) is 3. The monoisotopic (exact) mass is 320 g/mol. The SMILES string of the molecule is Cc1cc(OC(=O)c2ccc(OC(F)F)cc2)cc(C(C)C)c1. The molecule has 0 N–H and O–H groups in total. The lowest BCUT2D eigenvalue weighted by atomic mass is 10.0. The first-order valence-electron chi connectivity index (χ1n) is 7.24. The van der Waals surface area contributed by atoms with Crippen molar-refractivity contribution in [1.29, 1.82) is 0 Å². The number of aryl methyl sites for hydroxylation is 1. The highest BCUT2D eigenvalue weighted by molar-refractivity contribution is 5.91. The van der Waals surface area contributed by atoms with Crippen LogP contribution in [-0.4, -0.2) is 12.6 Å². The van der Waals surface area contributed by atoms with Gasteiger partial charge in [-0.3, -0.25) is 0 Å². The minimum atomic E-state index is -2.89. The lowest BCUT2D eigenvalue weighted by molar-refractivity contribution is -0.0498. The molecule has 0 saturated heterocycles. The zero-order valence-corrected chi connectivity index (χ0v) is 13.2. The zero-order valence-electron chi connectivity index (χ0n) is 13.2. The van der Waals surface area contributed by atoms with Gasteiger partial charge in [0.05, 0.1) is 5.56 Å². The lowest BCUT2D eigenvalue weighted by Crippen LogP contribution is -2.09. The van der Waals surface area contributed by atoms with Gasteiger partial charge in [-0.25, -0.2) is 4.79 Å². The first-order chi connectivity index (χ1) is 10.8. The Morgan fingerprint density at radius 2 is 1.65 bits per heavy atom. The summed E-state index contributed by atoms with van der Waals surface area (Å²) in [6.07, 6.45) is 0. The minimum Gasteiger partial charge on any atom is -0.435 e. The first-order valence-corrected chi connectivity index (χ1v) is 7.24. The summed E-state index contributed by atoms with van der Waals surface area (Å²) in [5.41, 5.74) is 2.34. The van der Waals surface area contributed by atoms with Gasteiger partial charge in [-0.05, 0) is 60.4 Å². The second-order valence-corrected chi connectivity index (χ2v) is 5.53. The summed E-state index contributed by atoms with van der Waals surface area (Å²) in [6.45, 7) is 3.15. The van der Waals surface area contributed by atoms with Gasteiger partial charge in [0.25, 0.3) is 0 Å². The Morgan fingerprint density at radius 3 is 2.22 bits per heavy atom. The molecule has 0 aromatic heterocycles. The number of hydrogen-bond donors (Lipinski definition) is 0. The van der Waals surface area contributed by atoms with E-state index in [2.05, 4.69) is 18.6 Å². The van der Waals surface area contributed by atoms with Crippen molar-refractivity contribution in [3.8, 4) is 11.5 Å². The van der Waals surface area contributed by atoms with E-state index < -0.39 is 12.6 Å². The first kappa shape index (κ1) is 16.9. The number of halogens is 2. The van der Waals surface area contributed by atoms with Gasteiger partial charge in [0, 0.05) is 0 Å². The Kier molecular flexibility index (Phi) is 5.32. The highest BCUT2D eigenvalue weighted by Gasteiger charge is 2.12. The summed E-state index contributed by atoms with van der Waals surface area (Å²) in [6, 6.07) is 11.0. The van der Waals surface area contributed by atoms with Crippen LogP contribution in [0.5, 0.6) is 11.5 Å². The third-order valence-electron chi connectivity index (χ3n) is 3.27. The van der Waals surface area contributed by atoms with Crippen LogP contribution in [0.2, 0.25) is 0 Å². The summed E-state index contributed by atoms with van der Waals surface area (Å²) in [4.78, 5) is 12.1. The predicted molar refractivity (Wildman–Crippen MR) is 83.3 cm³/mol. The Morgan fingerprint density at radius 1 is 1.00 bits per heavy atom. The van der Waals surface area contributed by atoms with E-state index in [-0.39, 0.29) is 11.3 Å². The standard InChI is InChI=1S/C18H18F2O3/c1-11(2)14-8-12(3)9-16(10-14)22-17(21)13-4-6-15(7-5-13)23-18(19)20/h4-11,18H,1-3H3. The van der Waals surface area contributed by atoms with E-state index in [1.807, 2.05) is 19.1 Å². The van der Waals surface area contributed by atoms with Gasteiger partial charge in [0.2, 0.25) is 0 Å². The second kappa shape index (κ2) is 7.22. The number of carbonyl (C=O) groups is 1.